The van der Waals surface area contributed by atoms with Crippen LogP contribution in [0.1, 0.15) is 31.4 Å². The van der Waals surface area contributed by atoms with E-state index in [2.05, 4.69) is 57.2 Å². The zero-order chi connectivity index (χ0) is 19.6. The van der Waals surface area contributed by atoms with Gasteiger partial charge in [0.25, 0.3) is 0 Å². The molecule has 1 aliphatic carbocycles. The van der Waals surface area contributed by atoms with Gasteiger partial charge in [0.05, 0.1) is 17.4 Å². The first kappa shape index (κ1) is 17.6. The van der Waals surface area contributed by atoms with Crippen LogP contribution < -0.4 is 0 Å². The number of aromatic nitrogens is 4. The normalized spacial score (nSPS) is 14.3. The van der Waals surface area contributed by atoms with Crippen LogP contribution in [-0.4, -0.2) is 19.7 Å². The highest BCUT2D eigenvalue weighted by Gasteiger charge is 2.17. The number of hydrogen-bond donors (Lipinski definition) is 0. The molecule has 0 unspecified atom stereocenters. The Balaban J connectivity index is 1.56. The average molecular weight is 378 g/mol. The average Bonchev–Trinajstić information content (AvgIpc) is 3.45. The Hall–Kier alpha value is -3.45. The Morgan fingerprint density at radius 3 is 2.83 bits per heavy atom. The minimum atomic E-state index is 0.628. The maximum Gasteiger partial charge on any atom is 0.113 e. The third kappa shape index (κ3) is 3.52. The van der Waals surface area contributed by atoms with Crippen LogP contribution in [0.2, 0.25) is 0 Å². The van der Waals surface area contributed by atoms with E-state index in [-0.39, 0.29) is 0 Å². The number of hydrogen-bond acceptors (Lipinski definition) is 3. The molecule has 3 heterocycles. The second kappa shape index (κ2) is 7.52. The van der Waals surface area contributed by atoms with Gasteiger partial charge in [0, 0.05) is 41.0 Å². The van der Waals surface area contributed by atoms with Crippen molar-refractivity contribution in [1.29, 1.82) is 0 Å². The SMILES string of the molecule is C#Cc1ccc(-c2cnn(CC3CCCC3)c2)c(-c2ccc3cccnc3c2)n1. The van der Waals surface area contributed by atoms with E-state index in [1.807, 2.05) is 24.5 Å². The van der Waals surface area contributed by atoms with Crippen LogP contribution in [0.4, 0.5) is 0 Å². The Bertz CT molecular complexity index is 1210. The second-order valence-corrected chi connectivity index (χ2v) is 7.75. The van der Waals surface area contributed by atoms with Gasteiger partial charge < -0.3 is 0 Å². The molecule has 0 N–H and O–H groups in total. The zero-order valence-electron chi connectivity index (χ0n) is 16.3. The molecular formula is C25H22N4. The Morgan fingerprint density at radius 2 is 1.97 bits per heavy atom. The molecule has 29 heavy (non-hydrogen) atoms. The van der Waals surface area contributed by atoms with E-state index in [1.54, 1.807) is 0 Å². The van der Waals surface area contributed by atoms with E-state index >= 15 is 0 Å². The van der Waals surface area contributed by atoms with Crippen LogP contribution in [0.15, 0.2) is 61.1 Å². The summed E-state index contributed by atoms with van der Waals surface area (Å²) in [5.41, 5.74) is 5.55. The van der Waals surface area contributed by atoms with Crippen LogP contribution >= 0.6 is 0 Å². The molecule has 4 aromatic rings. The summed E-state index contributed by atoms with van der Waals surface area (Å²) in [6, 6.07) is 14.2. The van der Waals surface area contributed by atoms with Gasteiger partial charge in [-0.15, -0.1) is 6.42 Å². The van der Waals surface area contributed by atoms with Crippen molar-refractivity contribution in [1.82, 2.24) is 19.7 Å². The molecule has 3 aromatic heterocycles. The van der Waals surface area contributed by atoms with Gasteiger partial charge in [-0.1, -0.05) is 37.0 Å². The largest absolute Gasteiger partial charge is 0.272 e. The number of rotatable bonds is 4. The summed E-state index contributed by atoms with van der Waals surface area (Å²) < 4.78 is 2.08. The van der Waals surface area contributed by atoms with Crippen LogP contribution in [0.5, 0.6) is 0 Å². The van der Waals surface area contributed by atoms with Crippen molar-refractivity contribution < 1.29 is 0 Å². The van der Waals surface area contributed by atoms with Crippen molar-refractivity contribution in [2.24, 2.45) is 5.92 Å². The van der Waals surface area contributed by atoms with E-state index in [0.717, 1.165) is 45.7 Å². The molecular weight excluding hydrogens is 356 g/mol. The molecule has 4 heteroatoms. The Kier molecular flexibility index (Phi) is 4.57. The lowest BCUT2D eigenvalue weighted by molar-refractivity contribution is 0.429. The van der Waals surface area contributed by atoms with Crippen molar-refractivity contribution in [3.05, 3.63) is 66.7 Å². The molecule has 1 fully saturated rings. The molecule has 1 saturated carbocycles. The van der Waals surface area contributed by atoms with Crippen LogP contribution in [0.3, 0.4) is 0 Å². The monoisotopic (exact) mass is 378 g/mol. The van der Waals surface area contributed by atoms with Gasteiger partial charge in [0.1, 0.15) is 5.69 Å². The van der Waals surface area contributed by atoms with Crippen LogP contribution in [-0.2, 0) is 6.54 Å². The first-order valence-corrected chi connectivity index (χ1v) is 10.2. The van der Waals surface area contributed by atoms with Gasteiger partial charge in [-0.3, -0.25) is 9.67 Å². The summed E-state index contributed by atoms with van der Waals surface area (Å²) in [6.45, 7) is 0.991. The predicted molar refractivity (Wildman–Crippen MR) is 116 cm³/mol. The molecule has 1 aromatic carbocycles. The predicted octanol–water partition coefficient (Wildman–Crippen LogP) is 5.33. The van der Waals surface area contributed by atoms with Gasteiger partial charge in [-0.05, 0) is 43.0 Å². The molecule has 0 amide bonds. The second-order valence-electron chi connectivity index (χ2n) is 7.75. The molecule has 0 bridgehead atoms. The fourth-order valence-electron chi connectivity index (χ4n) is 4.27. The molecule has 4 nitrogen and oxygen atoms in total. The van der Waals surface area contributed by atoms with Crippen molar-refractivity contribution in [3.8, 4) is 34.7 Å². The maximum absolute atomic E-state index is 5.63. The first-order valence-electron chi connectivity index (χ1n) is 10.2. The molecule has 0 saturated heterocycles. The van der Waals surface area contributed by atoms with Gasteiger partial charge in [-0.25, -0.2) is 4.98 Å². The number of fused-ring (bicyclic) bond motifs is 1. The van der Waals surface area contributed by atoms with Crippen molar-refractivity contribution in [3.63, 3.8) is 0 Å². The summed E-state index contributed by atoms with van der Waals surface area (Å²) >= 11 is 0. The third-order valence-corrected chi connectivity index (χ3v) is 5.79. The Labute approximate surface area is 170 Å². The highest BCUT2D eigenvalue weighted by atomic mass is 15.3. The number of nitrogens with zero attached hydrogens (tertiary/aromatic N) is 4. The molecule has 0 atom stereocenters. The molecule has 142 valence electrons. The summed E-state index contributed by atoms with van der Waals surface area (Å²) in [5.74, 6) is 3.40. The summed E-state index contributed by atoms with van der Waals surface area (Å²) in [6.07, 6.45) is 16.8. The maximum atomic E-state index is 5.63. The van der Waals surface area contributed by atoms with E-state index in [4.69, 9.17) is 11.4 Å². The fourth-order valence-corrected chi connectivity index (χ4v) is 4.27. The zero-order valence-corrected chi connectivity index (χ0v) is 16.3. The van der Waals surface area contributed by atoms with Crippen LogP contribution in [0, 0.1) is 18.3 Å². The number of benzene rings is 1. The van der Waals surface area contributed by atoms with Gasteiger partial charge >= 0.3 is 0 Å². The highest BCUT2D eigenvalue weighted by molar-refractivity contribution is 5.87. The van der Waals surface area contributed by atoms with Crippen molar-refractivity contribution in [2.45, 2.75) is 32.2 Å². The van der Waals surface area contributed by atoms with Crippen molar-refractivity contribution >= 4 is 10.9 Å². The lowest BCUT2D eigenvalue weighted by Gasteiger charge is -2.10. The minimum absolute atomic E-state index is 0.628. The van der Waals surface area contributed by atoms with E-state index < -0.39 is 0 Å². The quantitative estimate of drug-likeness (QED) is 0.451. The van der Waals surface area contributed by atoms with Gasteiger partial charge in [-0.2, -0.15) is 5.10 Å². The third-order valence-electron chi connectivity index (χ3n) is 5.79. The summed E-state index contributed by atoms with van der Waals surface area (Å²) in [7, 11) is 0. The molecule has 1 aliphatic rings. The van der Waals surface area contributed by atoms with Crippen LogP contribution in [0.25, 0.3) is 33.3 Å². The molecule has 0 radical (unpaired) electrons. The van der Waals surface area contributed by atoms with E-state index in [9.17, 15) is 0 Å². The van der Waals surface area contributed by atoms with E-state index in [1.165, 1.54) is 25.7 Å². The number of terminal acetylenes is 1. The van der Waals surface area contributed by atoms with E-state index in [0.29, 0.717) is 5.69 Å². The molecule has 5 rings (SSSR count). The highest BCUT2D eigenvalue weighted by Crippen LogP contribution is 2.33. The molecule has 0 aliphatic heterocycles. The first-order chi connectivity index (χ1) is 14.3. The minimum Gasteiger partial charge on any atom is -0.272 e. The summed E-state index contributed by atoms with van der Waals surface area (Å²) in [5, 5.41) is 5.73. The summed E-state index contributed by atoms with van der Waals surface area (Å²) in [4.78, 5) is 9.25. The fraction of sp³-hybridized carbons (Fsp3) is 0.240. The van der Waals surface area contributed by atoms with Crippen molar-refractivity contribution in [2.75, 3.05) is 0 Å². The standard InChI is InChI=1S/C25H22N4/c1-2-22-11-12-23(21-15-27-29(17-21)16-18-6-3-4-7-18)25(28-22)20-10-9-19-8-5-13-26-24(19)14-20/h1,5,8-15,17-18H,3-4,6-7,16H2. The number of pyridine rings is 2. The topological polar surface area (TPSA) is 43.6 Å². The smallest absolute Gasteiger partial charge is 0.113 e. The van der Waals surface area contributed by atoms with Gasteiger partial charge in [0.15, 0.2) is 0 Å². The Morgan fingerprint density at radius 1 is 1.07 bits per heavy atom. The lowest BCUT2D eigenvalue weighted by atomic mass is 10.00. The lowest BCUT2D eigenvalue weighted by Crippen LogP contribution is -2.07. The van der Waals surface area contributed by atoms with Gasteiger partial charge in [0.2, 0.25) is 0 Å². The molecule has 0 spiro atoms.